The van der Waals surface area contributed by atoms with Crippen LogP contribution in [0.3, 0.4) is 0 Å². The number of hydrogen-bond acceptors (Lipinski definition) is 3. The summed E-state index contributed by atoms with van der Waals surface area (Å²) in [6.07, 6.45) is 6.32. The molecule has 5 nitrogen and oxygen atoms in total. The van der Waals surface area contributed by atoms with Gasteiger partial charge in [0.15, 0.2) is 0 Å². The number of H-pyrrole nitrogens is 1. The molecule has 2 N–H and O–H groups in total. The fourth-order valence-corrected chi connectivity index (χ4v) is 4.30. The van der Waals surface area contributed by atoms with Crippen LogP contribution in [-0.2, 0) is 12.8 Å². The number of amides is 1. The number of nitrogens with zero attached hydrogens (tertiary/aromatic N) is 2. The lowest BCUT2D eigenvalue weighted by Gasteiger charge is -2.36. The Morgan fingerprint density at radius 2 is 2.08 bits per heavy atom. The van der Waals surface area contributed by atoms with E-state index in [-0.39, 0.29) is 5.91 Å². The third-order valence-electron chi connectivity index (χ3n) is 5.69. The second-order valence-corrected chi connectivity index (χ2v) is 7.42. The van der Waals surface area contributed by atoms with Crippen LogP contribution in [0.15, 0.2) is 30.6 Å². The van der Waals surface area contributed by atoms with Crippen LogP contribution >= 0.6 is 0 Å². The molecule has 132 valence electrons. The molecule has 1 aromatic heterocycles. The van der Waals surface area contributed by atoms with Crippen molar-refractivity contribution in [1.29, 1.82) is 0 Å². The molecule has 1 saturated heterocycles. The molecule has 2 heterocycles. The zero-order valence-corrected chi connectivity index (χ0v) is 14.8. The van der Waals surface area contributed by atoms with Crippen LogP contribution in [0.1, 0.15) is 40.2 Å². The maximum atomic E-state index is 12.2. The summed E-state index contributed by atoms with van der Waals surface area (Å²) < 4.78 is 0. The first-order valence-electron chi connectivity index (χ1n) is 9.29. The van der Waals surface area contributed by atoms with Gasteiger partial charge in [-0.05, 0) is 56.2 Å². The fourth-order valence-electron chi connectivity index (χ4n) is 4.30. The number of benzene rings is 1. The predicted molar refractivity (Wildman–Crippen MR) is 97.6 cm³/mol. The first-order chi connectivity index (χ1) is 12.2. The third-order valence-corrected chi connectivity index (χ3v) is 5.69. The number of nitrogens with one attached hydrogen (secondary N) is 2. The summed E-state index contributed by atoms with van der Waals surface area (Å²) in [5, 5.41) is 3.08. The number of aromatic nitrogens is 2. The van der Waals surface area contributed by atoms with Gasteiger partial charge in [0.05, 0.1) is 6.33 Å². The largest absolute Gasteiger partial charge is 0.350 e. The van der Waals surface area contributed by atoms with Crippen LogP contribution in [0, 0.1) is 12.8 Å². The quantitative estimate of drug-likeness (QED) is 0.899. The van der Waals surface area contributed by atoms with E-state index < -0.39 is 0 Å². The molecular formula is C20H26N4O. The number of rotatable bonds is 4. The monoisotopic (exact) mass is 338 g/mol. The highest BCUT2D eigenvalue weighted by Gasteiger charge is 2.30. The third kappa shape index (κ3) is 3.47. The van der Waals surface area contributed by atoms with Gasteiger partial charge < -0.3 is 10.3 Å². The van der Waals surface area contributed by atoms with Crippen molar-refractivity contribution in [2.24, 2.45) is 5.92 Å². The highest BCUT2D eigenvalue weighted by molar-refractivity contribution is 5.93. The summed E-state index contributed by atoms with van der Waals surface area (Å²) >= 11 is 0. The van der Waals surface area contributed by atoms with Gasteiger partial charge in [-0.1, -0.05) is 24.3 Å². The summed E-state index contributed by atoms with van der Waals surface area (Å²) in [5.74, 6) is 0.463. The van der Waals surface area contributed by atoms with Gasteiger partial charge in [-0.15, -0.1) is 0 Å². The number of fused-ring (bicyclic) bond motifs is 1. The van der Waals surface area contributed by atoms with Gasteiger partial charge >= 0.3 is 0 Å². The van der Waals surface area contributed by atoms with E-state index in [4.69, 9.17) is 0 Å². The van der Waals surface area contributed by atoms with Gasteiger partial charge in [0.25, 0.3) is 5.91 Å². The van der Waals surface area contributed by atoms with Gasteiger partial charge in [0.2, 0.25) is 0 Å². The molecule has 1 fully saturated rings. The van der Waals surface area contributed by atoms with Crippen LogP contribution in [0.5, 0.6) is 0 Å². The lowest BCUT2D eigenvalue weighted by molar-refractivity contribution is 0.0910. The summed E-state index contributed by atoms with van der Waals surface area (Å²) in [5.41, 5.74) is 4.36. The van der Waals surface area contributed by atoms with Crippen molar-refractivity contribution >= 4 is 5.91 Å². The lowest BCUT2D eigenvalue weighted by Crippen LogP contribution is -2.46. The number of imidazole rings is 1. The molecule has 0 radical (unpaired) electrons. The maximum Gasteiger partial charge on any atom is 0.271 e. The van der Waals surface area contributed by atoms with Gasteiger partial charge in [0.1, 0.15) is 5.69 Å². The Morgan fingerprint density at radius 3 is 2.76 bits per heavy atom. The number of aromatic amines is 1. The van der Waals surface area contributed by atoms with E-state index in [1.807, 2.05) is 6.92 Å². The van der Waals surface area contributed by atoms with Crippen molar-refractivity contribution in [3.05, 3.63) is 53.1 Å². The Labute approximate surface area is 148 Å². The van der Waals surface area contributed by atoms with E-state index in [9.17, 15) is 4.79 Å². The second kappa shape index (κ2) is 7.00. The van der Waals surface area contributed by atoms with Gasteiger partial charge in [-0.3, -0.25) is 9.69 Å². The molecule has 0 spiro atoms. The Kier molecular flexibility index (Phi) is 4.57. The normalized spacial score (nSPS) is 21.2. The predicted octanol–water partition coefficient (Wildman–Crippen LogP) is 2.33. The summed E-state index contributed by atoms with van der Waals surface area (Å²) in [7, 11) is 0. The van der Waals surface area contributed by atoms with Gasteiger partial charge in [-0.25, -0.2) is 4.98 Å². The number of aryl methyl sites for hydroxylation is 1. The Bertz CT molecular complexity index is 729. The molecule has 2 aromatic rings. The topological polar surface area (TPSA) is 61.0 Å². The highest BCUT2D eigenvalue weighted by Crippen LogP contribution is 2.28. The molecular weight excluding hydrogens is 312 g/mol. The van der Waals surface area contributed by atoms with E-state index in [1.165, 1.54) is 43.4 Å². The molecule has 0 bridgehead atoms. The zero-order valence-electron chi connectivity index (χ0n) is 14.8. The van der Waals surface area contributed by atoms with Crippen molar-refractivity contribution in [2.45, 2.75) is 38.6 Å². The van der Waals surface area contributed by atoms with E-state index >= 15 is 0 Å². The minimum Gasteiger partial charge on any atom is -0.350 e. The molecule has 4 rings (SSSR count). The van der Waals surface area contributed by atoms with Crippen molar-refractivity contribution in [1.82, 2.24) is 20.2 Å². The minimum absolute atomic E-state index is 0.0656. The summed E-state index contributed by atoms with van der Waals surface area (Å²) in [6, 6.07) is 9.45. The zero-order chi connectivity index (χ0) is 17.2. The lowest BCUT2D eigenvalue weighted by atomic mass is 9.96. The molecule has 0 saturated carbocycles. The van der Waals surface area contributed by atoms with E-state index in [0.29, 0.717) is 17.7 Å². The number of likely N-dealkylation sites (tertiary alicyclic amines) is 1. The van der Waals surface area contributed by atoms with Gasteiger partial charge in [-0.2, -0.15) is 0 Å². The molecule has 2 aliphatic rings. The first-order valence-corrected chi connectivity index (χ1v) is 9.29. The van der Waals surface area contributed by atoms with Crippen LogP contribution in [0.2, 0.25) is 0 Å². The van der Waals surface area contributed by atoms with Crippen LogP contribution in [0.25, 0.3) is 0 Å². The van der Waals surface area contributed by atoms with Crippen LogP contribution < -0.4 is 5.32 Å². The molecule has 1 aromatic carbocycles. The average molecular weight is 338 g/mol. The standard InChI is InChI=1S/C20H26N4O/c1-14-19(23-13-22-14)20(25)21-11-15-5-4-8-24(12-15)18-9-16-6-2-3-7-17(16)10-18/h2-3,6-7,13,15,18H,4-5,8-12H2,1H3,(H,21,25)(H,22,23)/t15-/m0/s1. The SMILES string of the molecule is Cc1[nH]cnc1C(=O)NC[C@@H]1CCCN(C2Cc3ccccc3C2)C1. The average Bonchev–Trinajstić information content (AvgIpc) is 3.26. The highest BCUT2D eigenvalue weighted by atomic mass is 16.1. The van der Waals surface area contributed by atoms with Crippen molar-refractivity contribution < 1.29 is 4.79 Å². The molecule has 1 atom stereocenters. The molecule has 1 aliphatic carbocycles. The molecule has 5 heteroatoms. The first kappa shape index (κ1) is 16.3. The van der Waals surface area contributed by atoms with E-state index in [2.05, 4.69) is 44.5 Å². The van der Waals surface area contributed by atoms with E-state index in [1.54, 1.807) is 6.33 Å². The number of piperidine rings is 1. The Morgan fingerprint density at radius 1 is 1.32 bits per heavy atom. The van der Waals surface area contributed by atoms with Crippen LogP contribution in [0.4, 0.5) is 0 Å². The summed E-state index contributed by atoms with van der Waals surface area (Å²) in [4.78, 5) is 22.0. The van der Waals surface area contributed by atoms with Crippen LogP contribution in [-0.4, -0.2) is 46.5 Å². The van der Waals surface area contributed by atoms with Gasteiger partial charge in [0, 0.05) is 24.8 Å². The molecule has 1 aliphatic heterocycles. The summed E-state index contributed by atoms with van der Waals surface area (Å²) in [6.45, 7) is 4.88. The maximum absolute atomic E-state index is 12.2. The van der Waals surface area contributed by atoms with Crippen molar-refractivity contribution in [2.75, 3.05) is 19.6 Å². The Balaban J connectivity index is 1.31. The Hall–Kier alpha value is -2.14. The fraction of sp³-hybridized carbons (Fsp3) is 0.500. The number of carbonyl (C=O) groups excluding carboxylic acids is 1. The molecule has 0 unspecified atom stereocenters. The number of hydrogen-bond donors (Lipinski definition) is 2. The van der Waals surface area contributed by atoms with Crippen molar-refractivity contribution in [3.63, 3.8) is 0 Å². The minimum atomic E-state index is -0.0656. The number of carbonyl (C=O) groups is 1. The van der Waals surface area contributed by atoms with E-state index in [0.717, 1.165) is 18.8 Å². The smallest absolute Gasteiger partial charge is 0.271 e. The second-order valence-electron chi connectivity index (χ2n) is 7.42. The van der Waals surface area contributed by atoms with Crippen molar-refractivity contribution in [3.8, 4) is 0 Å². The molecule has 1 amide bonds. The molecule has 25 heavy (non-hydrogen) atoms.